The summed E-state index contributed by atoms with van der Waals surface area (Å²) in [7, 11) is 2.09. The van der Waals surface area contributed by atoms with Gasteiger partial charge in [0.05, 0.1) is 23.9 Å². The van der Waals surface area contributed by atoms with E-state index in [1.807, 2.05) is 6.07 Å². The second kappa shape index (κ2) is 7.96. The second-order valence-electron chi connectivity index (χ2n) is 6.61. The molecule has 2 heterocycles. The van der Waals surface area contributed by atoms with E-state index in [4.69, 9.17) is 0 Å². The van der Waals surface area contributed by atoms with Crippen molar-refractivity contribution in [2.45, 2.75) is 12.6 Å². The number of anilines is 2. The van der Waals surface area contributed by atoms with E-state index < -0.39 is 11.7 Å². The number of piperazine rings is 1. The number of rotatable bonds is 4. The van der Waals surface area contributed by atoms with Crippen LogP contribution in [0.3, 0.4) is 0 Å². The number of likely N-dealkylation sites (N-methyl/N-ethyl adjacent to an activating group) is 1. The highest BCUT2D eigenvalue weighted by molar-refractivity contribution is 5.91. The predicted molar refractivity (Wildman–Crippen MR) is 97.7 cm³/mol. The molecule has 5 nitrogen and oxygen atoms in total. The molecule has 1 aliphatic heterocycles. The van der Waals surface area contributed by atoms with Gasteiger partial charge in [-0.1, -0.05) is 12.1 Å². The maximum atomic E-state index is 12.6. The summed E-state index contributed by atoms with van der Waals surface area (Å²) in [6.45, 7) is 3.84. The summed E-state index contributed by atoms with van der Waals surface area (Å²) in [5, 5.41) is 2.67. The Morgan fingerprint density at radius 3 is 2.30 bits per heavy atom. The highest BCUT2D eigenvalue weighted by Crippen LogP contribution is 2.29. The molecule has 1 aromatic carbocycles. The zero-order chi connectivity index (χ0) is 19.4. The van der Waals surface area contributed by atoms with Gasteiger partial charge in [0.2, 0.25) is 5.91 Å². The number of carbonyl (C=O) groups excluding carboxylic acids is 1. The van der Waals surface area contributed by atoms with E-state index >= 15 is 0 Å². The zero-order valence-electron chi connectivity index (χ0n) is 15.0. The number of carbonyl (C=O) groups is 1. The third kappa shape index (κ3) is 5.19. The lowest BCUT2D eigenvalue weighted by molar-refractivity contribution is -0.137. The summed E-state index contributed by atoms with van der Waals surface area (Å²) in [5.74, 6) is 0.0967. The van der Waals surface area contributed by atoms with Gasteiger partial charge in [0.1, 0.15) is 5.82 Å². The Hall–Kier alpha value is -2.61. The van der Waals surface area contributed by atoms with Crippen molar-refractivity contribution in [1.82, 2.24) is 9.88 Å². The molecule has 1 N–H and O–H groups in total. The van der Waals surface area contributed by atoms with E-state index in [9.17, 15) is 18.0 Å². The van der Waals surface area contributed by atoms with Gasteiger partial charge in [-0.25, -0.2) is 4.98 Å². The Bertz CT molecular complexity index is 767. The maximum Gasteiger partial charge on any atom is 0.416 e. The second-order valence-corrected chi connectivity index (χ2v) is 6.61. The van der Waals surface area contributed by atoms with Crippen LogP contribution in [0.15, 0.2) is 42.6 Å². The van der Waals surface area contributed by atoms with Crippen molar-refractivity contribution >= 4 is 17.4 Å². The highest BCUT2D eigenvalue weighted by Gasteiger charge is 2.30. The molecular weight excluding hydrogens is 357 g/mol. The summed E-state index contributed by atoms with van der Waals surface area (Å²) in [5.41, 5.74) is 0.784. The molecule has 1 aliphatic rings. The number of hydrogen-bond acceptors (Lipinski definition) is 4. The molecule has 0 atom stereocenters. The molecule has 1 aromatic heterocycles. The lowest BCUT2D eigenvalue weighted by Crippen LogP contribution is -2.44. The molecule has 27 heavy (non-hydrogen) atoms. The number of pyridine rings is 1. The van der Waals surface area contributed by atoms with Crippen molar-refractivity contribution in [2.24, 2.45) is 0 Å². The van der Waals surface area contributed by atoms with Crippen molar-refractivity contribution in [3.63, 3.8) is 0 Å². The Balaban J connectivity index is 1.55. The molecule has 3 rings (SSSR count). The largest absolute Gasteiger partial charge is 0.416 e. The van der Waals surface area contributed by atoms with E-state index in [0.717, 1.165) is 44.0 Å². The van der Waals surface area contributed by atoms with E-state index in [-0.39, 0.29) is 12.3 Å². The smallest absolute Gasteiger partial charge is 0.368 e. The van der Waals surface area contributed by atoms with Crippen LogP contribution in [0.25, 0.3) is 0 Å². The molecule has 1 amide bonds. The minimum Gasteiger partial charge on any atom is -0.368 e. The fraction of sp³-hybridized carbons (Fsp3) is 0.368. The molecule has 1 fully saturated rings. The molecule has 1 saturated heterocycles. The lowest BCUT2D eigenvalue weighted by atomic mass is 10.1. The number of benzene rings is 1. The van der Waals surface area contributed by atoms with Crippen LogP contribution in [-0.4, -0.2) is 49.0 Å². The third-order valence-electron chi connectivity index (χ3n) is 4.53. The first-order valence-electron chi connectivity index (χ1n) is 8.67. The van der Waals surface area contributed by atoms with Crippen LogP contribution < -0.4 is 10.2 Å². The fourth-order valence-corrected chi connectivity index (χ4v) is 2.90. The number of alkyl halides is 3. The van der Waals surface area contributed by atoms with Crippen molar-refractivity contribution in [1.29, 1.82) is 0 Å². The zero-order valence-corrected chi connectivity index (χ0v) is 15.0. The Kier molecular flexibility index (Phi) is 5.65. The van der Waals surface area contributed by atoms with Crippen LogP contribution in [0.5, 0.6) is 0 Å². The molecule has 0 aliphatic carbocycles. The first kappa shape index (κ1) is 19.2. The number of amides is 1. The summed E-state index contributed by atoms with van der Waals surface area (Å²) >= 11 is 0. The normalized spacial score (nSPS) is 15.6. The standard InChI is InChI=1S/C19H21F3N4O/c1-25-8-10-26(11-9-25)16-6-7-17(23-13-16)24-18(27)12-14-2-4-15(5-3-14)19(20,21)22/h2-7,13H,8-12H2,1H3,(H,23,24,27). The van der Waals surface area contributed by atoms with Gasteiger partial charge in [-0.2, -0.15) is 13.2 Å². The molecule has 2 aromatic rings. The van der Waals surface area contributed by atoms with Crippen molar-refractivity contribution in [3.05, 3.63) is 53.7 Å². The van der Waals surface area contributed by atoms with Gasteiger partial charge in [-0.15, -0.1) is 0 Å². The number of hydrogen-bond donors (Lipinski definition) is 1. The monoisotopic (exact) mass is 378 g/mol. The Morgan fingerprint density at radius 2 is 1.74 bits per heavy atom. The number of aromatic nitrogens is 1. The molecule has 0 radical (unpaired) electrons. The minimum absolute atomic E-state index is 0.0139. The van der Waals surface area contributed by atoms with Gasteiger partial charge >= 0.3 is 6.18 Å². The topological polar surface area (TPSA) is 48.5 Å². The van der Waals surface area contributed by atoms with E-state index in [1.165, 1.54) is 12.1 Å². The van der Waals surface area contributed by atoms with Gasteiger partial charge in [0.25, 0.3) is 0 Å². The quantitative estimate of drug-likeness (QED) is 0.889. The first-order chi connectivity index (χ1) is 12.8. The van der Waals surface area contributed by atoms with Crippen LogP contribution in [-0.2, 0) is 17.4 Å². The molecule has 144 valence electrons. The van der Waals surface area contributed by atoms with Crippen LogP contribution in [0.1, 0.15) is 11.1 Å². The van der Waals surface area contributed by atoms with Crippen LogP contribution in [0.2, 0.25) is 0 Å². The van der Waals surface area contributed by atoms with Crippen molar-refractivity contribution in [2.75, 3.05) is 43.4 Å². The average Bonchev–Trinajstić information content (AvgIpc) is 2.63. The van der Waals surface area contributed by atoms with Crippen LogP contribution >= 0.6 is 0 Å². The Labute approximate surface area is 155 Å². The number of halogens is 3. The van der Waals surface area contributed by atoms with E-state index in [1.54, 1.807) is 12.3 Å². The number of nitrogens with one attached hydrogen (secondary N) is 1. The summed E-state index contributed by atoms with van der Waals surface area (Å²) in [6.07, 6.45) is -2.67. The van der Waals surface area contributed by atoms with Gasteiger partial charge in [0, 0.05) is 26.2 Å². The van der Waals surface area contributed by atoms with Gasteiger partial charge in [-0.05, 0) is 36.9 Å². The maximum absolute atomic E-state index is 12.6. The van der Waals surface area contributed by atoms with E-state index in [0.29, 0.717) is 11.4 Å². The molecular formula is C19H21F3N4O. The molecule has 0 saturated carbocycles. The van der Waals surface area contributed by atoms with Crippen molar-refractivity contribution < 1.29 is 18.0 Å². The summed E-state index contributed by atoms with van der Waals surface area (Å²) in [4.78, 5) is 20.9. The molecule has 0 unspecified atom stereocenters. The molecule has 0 spiro atoms. The minimum atomic E-state index is -4.38. The van der Waals surface area contributed by atoms with Gasteiger partial charge in [-0.3, -0.25) is 4.79 Å². The molecule has 8 heteroatoms. The Morgan fingerprint density at radius 1 is 1.07 bits per heavy atom. The van der Waals surface area contributed by atoms with Gasteiger partial charge < -0.3 is 15.1 Å². The number of nitrogens with zero attached hydrogens (tertiary/aromatic N) is 3. The van der Waals surface area contributed by atoms with E-state index in [2.05, 4.69) is 27.1 Å². The van der Waals surface area contributed by atoms with Crippen LogP contribution in [0.4, 0.5) is 24.7 Å². The summed E-state index contributed by atoms with van der Waals surface area (Å²) in [6, 6.07) is 8.22. The first-order valence-corrected chi connectivity index (χ1v) is 8.67. The average molecular weight is 378 g/mol. The fourth-order valence-electron chi connectivity index (χ4n) is 2.90. The SMILES string of the molecule is CN1CCN(c2ccc(NC(=O)Cc3ccc(C(F)(F)F)cc3)nc2)CC1. The summed E-state index contributed by atoms with van der Waals surface area (Å²) < 4.78 is 37.7. The van der Waals surface area contributed by atoms with Gasteiger partial charge in [0.15, 0.2) is 0 Å². The molecule has 0 bridgehead atoms. The van der Waals surface area contributed by atoms with Crippen LogP contribution in [0, 0.1) is 0 Å². The third-order valence-corrected chi connectivity index (χ3v) is 4.53. The van der Waals surface area contributed by atoms with Crippen molar-refractivity contribution in [3.8, 4) is 0 Å². The predicted octanol–water partition coefficient (Wildman–Crippen LogP) is 3.03. The lowest BCUT2D eigenvalue weighted by Gasteiger charge is -2.33. The highest BCUT2D eigenvalue weighted by atomic mass is 19.4.